The molecule has 4 nitrogen and oxygen atoms in total. The zero-order valence-electron chi connectivity index (χ0n) is 13.1. The number of anilines is 1. The van der Waals surface area contributed by atoms with Crippen molar-refractivity contribution in [2.75, 3.05) is 5.32 Å². The second-order valence-electron chi connectivity index (χ2n) is 6.66. The van der Waals surface area contributed by atoms with Gasteiger partial charge in [-0.3, -0.25) is 0 Å². The number of para-hydroxylation sites is 1. The first kappa shape index (κ1) is 13.0. The Morgan fingerprint density at radius 1 is 0.957 bits per heavy atom. The molecule has 23 heavy (non-hydrogen) atoms. The summed E-state index contributed by atoms with van der Waals surface area (Å²) in [5.74, 6) is 1.12. The van der Waals surface area contributed by atoms with Crippen molar-refractivity contribution in [1.29, 1.82) is 0 Å². The van der Waals surface area contributed by atoms with Crippen LogP contribution in [0.3, 0.4) is 0 Å². The van der Waals surface area contributed by atoms with Gasteiger partial charge in [0, 0.05) is 11.9 Å². The summed E-state index contributed by atoms with van der Waals surface area (Å²) >= 11 is 0. The first-order chi connectivity index (χ1) is 11.4. The second-order valence-corrected chi connectivity index (χ2v) is 6.66. The standard InChI is InChI=1S/C19H20N4/c1-3-8-15(9-4-1)23-18-16(14-20-23)21-19(11-5-2-6-12-19)17-10-7-13-22(17)18/h1,3-4,7-10,13-14,21H,2,5-6,11-12H2. The lowest BCUT2D eigenvalue weighted by molar-refractivity contribution is 0.315. The van der Waals surface area contributed by atoms with E-state index in [1.807, 2.05) is 16.9 Å². The molecule has 3 aromatic rings. The Balaban J connectivity index is 1.70. The number of nitrogens with zero attached hydrogens (tertiary/aromatic N) is 3. The van der Waals surface area contributed by atoms with E-state index in [2.05, 4.69) is 57.6 Å². The van der Waals surface area contributed by atoms with Gasteiger partial charge in [-0.25, -0.2) is 4.68 Å². The second kappa shape index (κ2) is 4.75. The molecular weight excluding hydrogens is 284 g/mol. The average Bonchev–Trinajstić information content (AvgIpc) is 3.23. The van der Waals surface area contributed by atoms with Gasteiger partial charge in [0.15, 0.2) is 5.82 Å². The maximum absolute atomic E-state index is 4.66. The van der Waals surface area contributed by atoms with Gasteiger partial charge in [-0.15, -0.1) is 0 Å². The van der Waals surface area contributed by atoms with E-state index >= 15 is 0 Å². The molecular formula is C19H20N4. The Labute approximate surface area is 135 Å². The number of fused-ring (bicyclic) bond motifs is 4. The topological polar surface area (TPSA) is 34.8 Å². The van der Waals surface area contributed by atoms with E-state index in [1.54, 1.807) is 0 Å². The van der Waals surface area contributed by atoms with Crippen molar-refractivity contribution >= 4 is 5.69 Å². The van der Waals surface area contributed by atoms with Crippen LogP contribution in [0.4, 0.5) is 5.69 Å². The lowest BCUT2D eigenvalue weighted by Gasteiger charge is -2.42. The predicted molar refractivity (Wildman–Crippen MR) is 91.3 cm³/mol. The predicted octanol–water partition coefficient (Wildman–Crippen LogP) is 4.25. The number of benzene rings is 1. The van der Waals surface area contributed by atoms with Crippen LogP contribution in [0.1, 0.15) is 37.8 Å². The van der Waals surface area contributed by atoms with Crippen LogP contribution >= 0.6 is 0 Å². The lowest BCUT2D eigenvalue weighted by atomic mass is 9.78. The molecule has 0 radical (unpaired) electrons. The van der Waals surface area contributed by atoms with Gasteiger partial charge < -0.3 is 9.88 Å². The largest absolute Gasteiger partial charge is 0.370 e. The molecule has 4 heteroatoms. The molecule has 2 aromatic heterocycles. The number of hydrogen-bond acceptors (Lipinski definition) is 2. The van der Waals surface area contributed by atoms with Gasteiger partial charge in [0.2, 0.25) is 0 Å². The smallest absolute Gasteiger partial charge is 0.164 e. The van der Waals surface area contributed by atoms with Gasteiger partial charge in [0.05, 0.1) is 23.1 Å². The van der Waals surface area contributed by atoms with Crippen molar-refractivity contribution in [3.63, 3.8) is 0 Å². The Morgan fingerprint density at radius 2 is 1.78 bits per heavy atom. The maximum Gasteiger partial charge on any atom is 0.164 e. The molecule has 1 aromatic carbocycles. The van der Waals surface area contributed by atoms with Gasteiger partial charge in [-0.05, 0) is 37.1 Å². The molecule has 1 spiro atoms. The highest BCUT2D eigenvalue weighted by Crippen LogP contribution is 2.45. The fraction of sp³-hybridized carbons (Fsp3) is 0.316. The van der Waals surface area contributed by atoms with Crippen LogP contribution in [0.15, 0.2) is 54.9 Å². The lowest BCUT2D eigenvalue weighted by Crippen LogP contribution is -2.42. The Hall–Kier alpha value is -2.49. The molecule has 5 rings (SSSR count). The Bertz CT molecular complexity index is 837. The first-order valence-electron chi connectivity index (χ1n) is 8.47. The molecule has 0 amide bonds. The van der Waals surface area contributed by atoms with E-state index < -0.39 is 0 Å². The molecule has 1 N–H and O–H groups in total. The number of hydrogen-bond donors (Lipinski definition) is 1. The molecule has 1 saturated carbocycles. The van der Waals surface area contributed by atoms with Crippen LogP contribution in [0.25, 0.3) is 11.5 Å². The summed E-state index contributed by atoms with van der Waals surface area (Å²) in [4.78, 5) is 0. The van der Waals surface area contributed by atoms with Crippen LogP contribution in [-0.2, 0) is 5.54 Å². The van der Waals surface area contributed by atoms with Crippen molar-refractivity contribution in [2.24, 2.45) is 0 Å². The minimum absolute atomic E-state index is 0.0826. The minimum Gasteiger partial charge on any atom is -0.370 e. The van der Waals surface area contributed by atoms with Crippen LogP contribution in [-0.4, -0.2) is 14.3 Å². The summed E-state index contributed by atoms with van der Waals surface area (Å²) in [6, 6.07) is 14.8. The third kappa shape index (κ3) is 1.81. The molecule has 2 aliphatic rings. The van der Waals surface area contributed by atoms with Crippen molar-refractivity contribution in [2.45, 2.75) is 37.6 Å². The Morgan fingerprint density at radius 3 is 2.61 bits per heavy atom. The average molecular weight is 304 g/mol. The molecule has 0 atom stereocenters. The molecule has 1 aliphatic carbocycles. The van der Waals surface area contributed by atoms with E-state index in [0.29, 0.717) is 0 Å². The summed E-state index contributed by atoms with van der Waals surface area (Å²) in [6.07, 6.45) is 10.5. The summed E-state index contributed by atoms with van der Waals surface area (Å²) in [5.41, 5.74) is 3.69. The number of rotatable bonds is 1. The summed E-state index contributed by atoms with van der Waals surface area (Å²) in [7, 11) is 0. The van der Waals surface area contributed by atoms with Crippen molar-refractivity contribution < 1.29 is 0 Å². The summed E-state index contributed by atoms with van der Waals surface area (Å²) in [6.45, 7) is 0. The van der Waals surface area contributed by atoms with Crippen molar-refractivity contribution in [1.82, 2.24) is 14.3 Å². The normalized spacial score (nSPS) is 18.3. The molecule has 0 saturated heterocycles. The highest BCUT2D eigenvalue weighted by atomic mass is 15.4. The molecule has 3 heterocycles. The van der Waals surface area contributed by atoms with Gasteiger partial charge >= 0.3 is 0 Å². The van der Waals surface area contributed by atoms with Crippen LogP contribution < -0.4 is 5.32 Å². The molecule has 0 bridgehead atoms. The van der Waals surface area contributed by atoms with Crippen molar-refractivity contribution in [3.05, 3.63) is 60.6 Å². The maximum atomic E-state index is 4.66. The third-order valence-electron chi connectivity index (χ3n) is 5.29. The molecule has 1 aliphatic heterocycles. The van der Waals surface area contributed by atoms with Crippen LogP contribution in [0.5, 0.6) is 0 Å². The summed E-state index contributed by atoms with van der Waals surface area (Å²) in [5, 5.41) is 8.50. The molecule has 0 unspecified atom stereocenters. The number of nitrogens with one attached hydrogen (secondary N) is 1. The van der Waals surface area contributed by atoms with E-state index in [1.165, 1.54) is 37.8 Å². The first-order valence-corrected chi connectivity index (χ1v) is 8.47. The third-order valence-corrected chi connectivity index (χ3v) is 5.29. The van der Waals surface area contributed by atoms with Gasteiger partial charge in [-0.2, -0.15) is 5.10 Å². The van der Waals surface area contributed by atoms with Crippen LogP contribution in [0, 0.1) is 0 Å². The zero-order valence-corrected chi connectivity index (χ0v) is 13.1. The SMILES string of the molecule is c1ccc(-n2ncc3c2-n2cccc2C2(CCCCC2)N3)cc1. The van der Waals surface area contributed by atoms with Gasteiger partial charge in [0.1, 0.15) is 0 Å². The highest BCUT2D eigenvalue weighted by Gasteiger charge is 2.41. The summed E-state index contributed by atoms with van der Waals surface area (Å²) < 4.78 is 4.36. The van der Waals surface area contributed by atoms with E-state index in [4.69, 9.17) is 0 Å². The highest BCUT2D eigenvalue weighted by molar-refractivity contribution is 5.65. The number of aromatic nitrogens is 3. The quantitative estimate of drug-likeness (QED) is 0.729. The molecule has 1 fully saturated rings. The molecule has 116 valence electrons. The van der Waals surface area contributed by atoms with E-state index in [0.717, 1.165) is 17.2 Å². The fourth-order valence-electron chi connectivity index (χ4n) is 4.23. The fourth-order valence-corrected chi connectivity index (χ4v) is 4.23. The van der Waals surface area contributed by atoms with Crippen molar-refractivity contribution in [3.8, 4) is 11.5 Å². The Kier molecular flexibility index (Phi) is 2.68. The minimum atomic E-state index is 0.0826. The van der Waals surface area contributed by atoms with Crippen LogP contribution in [0.2, 0.25) is 0 Å². The van der Waals surface area contributed by atoms with E-state index in [-0.39, 0.29) is 5.54 Å². The zero-order chi connectivity index (χ0) is 15.3. The monoisotopic (exact) mass is 304 g/mol. The van der Waals surface area contributed by atoms with E-state index in [9.17, 15) is 0 Å². The van der Waals surface area contributed by atoms with Gasteiger partial charge in [0.25, 0.3) is 0 Å². The van der Waals surface area contributed by atoms with Gasteiger partial charge in [-0.1, -0.05) is 37.5 Å².